The van der Waals surface area contributed by atoms with Crippen molar-refractivity contribution < 1.29 is 8.95 Å². The Morgan fingerprint density at radius 2 is 2.31 bits per heavy atom. The molecule has 1 aliphatic carbocycles. The molecule has 1 atom stereocenters. The van der Waals surface area contributed by atoms with Gasteiger partial charge in [-0.05, 0) is 18.3 Å². The monoisotopic (exact) mass is 201 g/mol. The molecule has 1 fully saturated rings. The molecule has 0 aromatic rings. The van der Waals surface area contributed by atoms with Crippen LogP contribution in [-0.2, 0) is 15.5 Å². The standard InChI is InChI=1S/C9H15NO2S/c1-12-6-7-13(11)8-9(2-3-9)4-5-10/h2-4,6-8H2,1H3. The smallest absolute Gasteiger partial charge is 0.0627 e. The maximum absolute atomic E-state index is 11.5. The molecular formula is C9H15NO2S. The van der Waals surface area contributed by atoms with Crippen LogP contribution in [0.4, 0.5) is 0 Å². The number of nitriles is 1. The van der Waals surface area contributed by atoms with Crippen LogP contribution in [0.2, 0.25) is 0 Å². The third-order valence-electron chi connectivity index (χ3n) is 2.39. The third kappa shape index (κ3) is 3.45. The summed E-state index contributed by atoms with van der Waals surface area (Å²) >= 11 is 0. The van der Waals surface area contributed by atoms with E-state index in [9.17, 15) is 4.21 Å². The van der Waals surface area contributed by atoms with E-state index in [1.165, 1.54) is 0 Å². The first-order valence-electron chi connectivity index (χ1n) is 4.43. The van der Waals surface area contributed by atoms with Crippen LogP contribution in [0, 0.1) is 16.7 Å². The Balaban J connectivity index is 2.24. The van der Waals surface area contributed by atoms with Gasteiger partial charge in [-0.3, -0.25) is 4.21 Å². The van der Waals surface area contributed by atoms with E-state index >= 15 is 0 Å². The summed E-state index contributed by atoms with van der Waals surface area (Å²) in [5, 5.41) is 8.56. The van der Waals surface area contributed by atoms with Gasteiger partial charge >= 0.3 is 0 Å². The highest BCUT2D eigenvalue weighted by Gasteiger charge is 2.43. The van der Waals surface area contributed by atoms with Gasteiger partial charge in [0, 0.05) is 35.8 Å². The van der Waals surface area contributed by atoms with Gasteiger partial charge in [-0.15, -0.1) is 0 Å². The molecule has 1 saturated carbocycles. The Bertz CT molecular complexity index is 230. The van der Waals surface area contributed by atoms with Gasteiger partial charge < -0.3 is 4.74 Å². The van der Waals surface area contributed by atoms with E-state index in [0.717, 1.165) is 12.8 Å². The summed E-state index contributed by atoms with van der Waals surface area (Å²) in [7, 11) is 0.806. The maximum Gasteiger partial charge on any atom is 0.0627 e. The lowest BCUT2D eigenvalue weighted by molar-refractivity contribution is 0.218. The number of rotatable bonds is 6. The van der Waals surface area contributed by atoms with Crippen molar-refractivity contribution in [1.82, 2.24) is 0 Å². The van der Waals surface area contributed by atoms with Crippen LogP contribution in [0.25, 0.3) is 0 Å². The van der Waals surface area contributed by atoms with Gasteiger partial charge in [0.15, 0.2) is 0 Å². The molecule has 0 aromatic carbocycles. The minimum Gasteiger partial charge on any atom is -0.384 e. The molecule has 0 radical (unpaired) electrons. The number of methoxy groups -OCH3 is 1. The lowest BCUT2D eigenvalue weighted by Crippen LogP contribution is -2.16. The zero-order valence-electron chi connectivity index (χ0n) is 7.91. The Labute approximate surface area is 81.5 Å². The van der Waals surface area contributed by atoms with E-state index in [1.54, 1.807) is 7.11 Å². The van der Waals surface area contributed by atoms with Gasteiger partial charge in [0.25, 0.3) is 0 Å². The molecule has 0 aromatic heterocycles. The van der Waals surface area contributed by atoms with Crippen molar-refractivity contribution in [3.05, 3.63) is 0 Å². The number of hydrogen-bond acceptors (Lipinski definition) is 3. The first kappa shape index (κ1) is 10.7. The van der Waals surface area contributed by atoms with Crippen molar-refractivity contribution in [3.8, 4) is 6.07 Å². The fourth-order valence-electron chi connectivity index (χ4n) is 1.31. The van der Waals surface area contributed by atoms with Crippen molar-refractivity contribution in [2.45, 2.75) is 19.3 Å². The Hall–Kier alpha value is -0.400. The molecule has 0 N–H and O–H groups in total. The molecule has 0 spiro atoms. The molecule has 4 heteroatoms. The quantitative estimate of drug-likeness (QED) is 0.646. The fraction of sp³-hybridized carbons (Fsp3) is 0.889. The maximum atomic E-state index is 11.5. The molecule has 74 valence electrons. The molecule has 0 bridgehead atoms. The van der Waals surface area contributed by atoms with E-state index in [4.69, 9.17) is 10.00 Å². The van der Waals surface area contributed by atoms with Crippen LogP contribution >= 0.6 is 0 Å². The molecule has 1 unspecified atom stereocenters. The van der Waals surface area contributed by atoms with Gasteiger partial charge in [-0.1, -0.05) is 0 Å². The van der Waals surface area contributed by atoms with Crippen LogP contribution in [-0.4, -0.2) is 29.4 Å². The molecule has 1 aliphatic rings. The first-order chi connectivity index (χ1) is 6.22. The number of nitrogens with zero attached hydrogens (tertiary/aromatic N) is 1. The molecule has 0 aliphatic heterocycles. The van der Waals surface area contributed by atoms with E-state index in [-0.39, 0.29) is 5.41 Å². The van der Waals surface area contributed by atoms with Crippen LogP contribution in [0.3, 0.4) is 0 Å². The van der Waals surface area contributed by atoms with Gasteiger partial charge in [-0.2, -0.15) is 5.26 Å². The predicted molar refractivity (Wildman–Crippen MR) is 51.6 cm³/mol. The number of hydrogen-bond donors (Lipinski definition) is 0. The summed E-state index contributed by atoms with van der Waals surface area (Å²) < 4.78 is 16.3. The predicted octanol–water partition coefficient (Wildman–Crippen LogP) is 1.08. The van der Waals surface area contributed by atoms with E-state index in [1.807, 2.05) is 0 Å². The summed E-state index contributed by atoms with van der Waals surface area (Å²) in [5.41, 5.74) is 0.105. The molecule has 0 saturated heterocycles. The first-order valence-corrected chi connectivity index (χ1v) is 5.92. The summed E-state index contributed by atoms with van der Waals surface area (Å²) in [5.74, 6) is 1.29. The topological polar surface area (TPSA) is 50.1 Å². The van der Waals surface area contributed by atoms with Crippen molar-refractivity contribution in [2.75, 3.05) is 25.2 Å². The second-order valence-corrected chi connectivity index (χ2v) is 5.19. The highest BCUT2D eigenvalue weighted by atomic mass is 32.2. The van der Waals surface area contributed by atoms with Gasteiger partial charge in [-0.25, -0.2) is 0 Å². The highest BCUT2D eigenvalue weighted by Crippen LogP contribution is 2.49. The summed E-state index contributed by atoms with van der Waals surface area (Å²) in [6, 6.07) is 2.17. The van der Waals surface area contributed by atoms with Gasteiger partial charge in [0.2, 0.25) is 0 Å². The lowest BCUT2D eigenvalue weighted by Gasteiger charge is -2.09. The van der Waals surface area contributed by atoms with Crippen molar-refractivity contribution >= 4 is 10.8 Å². The normalized spacial score (nSPS) is 20.6. The van der Waals surface area contributed by atoms with Crippen molar-refractivity contribution in [3.63, 3.8) is 0 Å². The van der Waals surface area contributed by atoms with Crippen molar-refractivity contribution in [2.24, 2.45) is 5.41 Å². The van der Waals surface area contributed by atoms with Crippen LogP contribution in [0.15, 0.2) is 0 Å². The number of ether oxygens (including phenoxy) is 1. The Morgan fingerprint density at radius 3 is 2.77 bits per heavy atom. The van der Waals surface area contributed by atoms with E-state index in [0.29, 0.717) is 24.5 Å². The van der Waals surface area contributed by atoms with Crippen LogP contribution < -0.4 is 0 Å². The van der Waals surface area contributed by atoms with Crippen LogP contribution in [0.1, 0.15) is 19.3 Å². The molecular weight excluding hydrogens is 186 g/mol. The lowest BCUT2D eigenvalue weighted by atomic mass is 10.1. The second kappa shape index (κ2) is 4.73. The second-order valence-electron chi connectivity index (χ2n) is 3.62. The summed E-state index contributed by atoms with van der Waals surface area (Å²) in [6.07, 6.45) is 2.70. The zero-order chi connectivity index (χ0) is 9.73. The molecule has 0 amide bonds. The summed E-state index contributed by atoms with van der Waals surface area (Å²) in [6.45, 7) is 0.551. The average Bonchev–Trinajstić information content (AvgIpc) is 2.82. The summed E-state index contributed by atoms with van der Waals surface area (Å²) in [4.78, 5) is 0. The fourth-order valence-corrected chi connectivity index (χ4v) is 2.88. The molecule has 0 heterocycles. The van der Waals surface area contributed by atoms with E-state index in [2.05, 4.69) is 6.07 Å². The largest absolute Gasteiger partial charge is 0.384 e. The molecule has 1 rings (SSSR count). The Morgan fingerprint density at radius 1 is 1.62 bits per heavy atom. The van der Waals surface area contributed by atoms with Crippen LogP contribution in [0.5, 0.6) is 0 Å². The average molecular weight is 201 g/mol. The van der Waals surface area contributed by atoms with Crippen molar-refractivity contribution in [1.29, 1.82) is 5.26 Å². The molecule has 13 heavy (non-hydrogen) atoms. The van der Waals surface area contributed by atoms with Gasteiger partial charge in [0.1, 0.15) is 0 Å². The van der Waals surface area contributed by atoms with Gasteiger partial charge in [0.05, 0.1) is 12.7 Å². The third-order valence-corrected chi connectivity index (χ3v) is 3.95. The minimum absolute atomic E-state index is 0.105. The SMILES string of the molecule is COCCS(=O)CC1(CC#N)CC1. The Kier molecular flexibility index (Phi) is 3.89. The highest BCUT2D eigenvalue weighted by molar-refractivity contribution is 7.85. The minimum atomic E-state index is -0.804. The zero-order valence-corrected chi connectivity index (χ0v) is 8.73. The molecule has 3 nitrogen and oxygen atoms in total. The van der Waals surface area contributed by atoms with E-state index < -0.39 is 10.8 Å².